The highest BCUT2D eigenvalue weighted by Crippen LogP contribution is 2.33. The van der Waals surface area contributed by atoms with E-state index in [-0.39, 0.29) is 11.9 Å². The second kappa shape index (κ2) is 6.63. The number of hydrogen-bond acceptors (Lipinski definition) is 4. The van der Waals surface area contributed by atoms with E-state index in [0.717, 1.165) is 54.9 Å². The van der Waals surface area contributed by atoms with Crippen LogP contribution in [0, 0.1) is 0 Å². The Kier molecular flexibility index (Phi) is 4.35. The standard InChI is InChI=1S/C17H20BrN5O/c18-13-9-12(10-19-11-13)17(24)22-8-4-5-14(22)16-21-20-15-6-2-1-3-7-23(15)16/h9-11,14H,1-8H2/t14-/m1/s1. The maximum atomic E-state index is 12.9. The van der Waals surface area contributed by atoms with Crippen LogP contribution in [0.3, 0.4) is 0 Å². The molecule has 2 aliphatic rings. The van der Waals surface area contributed by atoms with Crippen LogP contribution in [0.4, 0.5) is 0 Å². The van der Waals surface area contributed by atoms with Crippen LogP contribution in [0.1, 0.15) is 60.2 Å². The summed E-state index contributed by atoms with van der Waals surface area (Å²) in [6.45, 7) is 1.73. The minimum Gasteiger partial charge on any atom is -0.328 e. The number of amides is 1. The van der Waals surface area contributed by atoms with Crippen molar-refractivity contribution in [2.45, 2.75) is 51.1 Å². The summed E-state index contributed by atoms with van der Waals surface area (Å²) in [5, 5.41) is 8.86. The number of nitrogens with zero attached hydrogens (tertiary/aromatic N) is 5. The molecule has 24 heavy (non-hydrogen) atoms. The topological polar surface area (TPSA) is 63.9 Å². The van der Waals surface area contributed by atoms with Gasteiger partial charge in [-0.2, -0.15) is 0 Å². The normalized spacial score (nSPS) is 20.7. The Hall–Kier alpha value is -1.76. The average Bonchev–Trinajstić information content (AvgIpc) is 3.15. The van der Waals surface area contributed by atoms with Crippen molar-refractivity contribution in [3.8, 4) is 0 Å². The van der Waals surface area contributed by atoms with Gasteiger partial charge in [0, 0.05) is 36.4 Å². The lowest BCUT2D eigenvalue weighted by Crippen LogP contribution is -2.32. The summed E-state index contributed by atoms with van der Waals surface area (Å²) in [4.78, 5) is 19.0. The van der Waals surface area contributed by atoms with E-state index in [9.17, 15) is 4.79 Å². The number of rotatable bonds is 2. The van der Waals surface area contributed by atoms with Crippen LogP contribution < -0.4 is 0 Å². The van der Waals surface area contributed by atoms with Gasteiger partial charge in [0.25, 0.3) is 5.91 Å². The van der Waals surface area contributed by atoms with Gasteiger partial charge in [-0.3, -0.25) is 9.78 Å². The molecule has 1 fully saturated rings. The fourth-order valence-electron chi connectivity index (χ4n) is 3.73. The Bertz CT molecular complexity index is 759. The van der Waals surface area contributed by atoms with Gasteiger partial charge < -0.3 is 9.47 Å². The van der Waals surface area contributed by atoms with E-state index in [4.69, 9.17) is 0 Å². The zero-order valence-corrected chi connectivity index (χ0v) is 15.1. The molecule has 0 bridgehead atoms. The predicted molar refractivity (Wildman–Crippen MR) is 92.5 cm³/mol. The second-order valence-electron chi connectivity index (χ2n) is 6.49. The first-order valence-corrected chi connectivity index (χ1v) is 9.37. The third kappa shape index (κ3) is 2.85. The summed E-state index contributed by atoms with van der Waals surface area (Å²) in [7, 11) is 0. The Balaban J connectivity index is 1.64. The van der Waals surface area contributed by atoms with Gasteiger partial charge in [-0.1, -0.05) is 6.42 Å². The summed E-state index contributed by atoms with van der Waals surface area (Å²) in [5.41, 5.74) is 0.617. The van der Waals surface area contributed by atoms with Crippen molar-refractivity contribution in [1.29, 1.82) is 0 Å². The molecule has 6 nitrogen and oxygen atoms in total. The maximum Gasteiger partial charge on any atom is 0.256 e. The van der Waals surface area contributed by atoms with Crippen LogP contribution in [0.25, 0.3) is 0 Å². The molecular formula is C17H20BrN5O. The van der Waals surface area contributed by atoms with Gasteiger partial charge in [0.1, 0.15) is 5.82 Å². The zero-order chi connectivity index (χ0) is 16.5. The van der Waals surface area contributed by atoms with Gasteiger partial charge >= 0.3 is 0 Å². The van der Waals surface area contributed by atoms with E-state index in [1.807, 2.05) is 11.0 Å². The van der Waals surface area contributed by atoms with Crippen molar-refractivity contribution in [2.24, 2.45) is 0 Å². The molecule has 0 spiro atoms. The molecule has 0 radical (unpaired) electrons. The Morgan fingerprint density at radius 3 is 2.92 bits per heavy atom. The fourth-order valence-corrected chi connectivity index (χ4v) is 4.09. The van der Waals surface area contributed by atoms with E-state index in [2.05, 4.69) is 35.7 Å². The number of pyridine rings is 1. The molecule has 0 aliphatic carbocycles. The molecule has 4 heterocycles. The molecule has 2 aromatic rings. The first kappa shape index (κ1) is 15.7. The van der Waals surface area contributed by atoms with Crippen LogP contribution in [0.2, 0.25) is 0 Å². The van der Waals surface area contributed by atoms with Gasteiger partial charge in [0.2, 0.25) is 0 Å². The van der Waals surface area contributed by atoms with Crippen LogP contribution >= 0.6 is 15.9 Å². The van der Waals surface area contributed by atoms with Crippen molar-refractivity contribution in [3.05, 3.63) is 40.1 Å². The number of carbonyl (C=O) groups excluding carboxylic acids is 1. The summed E-state index contributed by atoms with van der Waals surface area (Å²) in [6.07, 6.45) is 9.83. The first-order chi connectivity index (χ1) is 11.7. The highest BCUT2D eigenvalue weighted by molar-refractivity contribution is 9.10. The number of halogens is 1. The van der Waals surface area contributed by atoms with E-state index in [0.29, 0.717) is 5.56 Å². The average molecular weight is 390 g/mol. The van der Waals surface area contributed by atoms with Gasteiger partial charge in [-0.05, 0) is 47.7 Å². The van der Waals surface area contributed by atoms with Gasteiger partial charge in [0.15, 0.2) is 5.82 Å². The minimum absolute atomic E-state index is 0.0239. The smallest absolute Gasteiger partial charge is 0.256 e. The van der Waals surface area contributed by atoms with Crippen LogP contribution in [0.5, 0.6) is 0 Å². The van der Waals surface area contributed by atoms with E-state index in [1.165, 1.54) is 12.8 Å². The third-order valence-corrected chi connectivity index (χ3v) is 5.34. The molecule has 4 rings (SSSR count). The van der Waals surface area contributed by atoms with Crippen LogP contribution in [0.15, 0.2) is 22.9 Å². The molecule has 1 atom stereocenters. The lowest BCUT2D eigenvalue weighted by Gasteiger charge is -2.24. The number of aryl methyl sites for hydroxylation is 1. The number of fused-ring (bicyclic) bond motifs is 1. The Morgan fingerprint density at radius 1 is 1.12 bits per heavy atom. The van der Waals surface area contributed by atoms with Crippen molar-refractivity contribution < 1.29 is 4.79 Å². The van der Waals surface area contributed by atoms with Crippen molar-refractivity contribution in [2.75, 3.05) is 6.54 Å². The minimum atomic E-state index is 0.0239. The lowest BCUT2D eigenvalue weighted by atomic mass is 10.2. The number of hydrogen-bond donors (Lipinski definition) is 0. The highest BCUT2D eigenvalue weighted by Gasteiger charge is 2.35. The molecule has 0 N–H and O–H groups in total. The number of likely N-dealkylation sites (tertiary alicyclic amines) is 1. The largest absolute Gasteiger partial charge is 0.328 e. The lowest BCUT2D eigenvalue weighted by molar-refractivity contribution is 0.0726. The maximum absolute atomic E-state index is 12.9. The summed E-state index contributed by atoms with van der Waals surface area (Å²) in [5.74, 6) is 2.06. The third-order valence-electron chi connectivity index (χ3n) is 4.90. The molecule has 0 saturated carbocycles. The quantitative estimate of drug-likeness (QED) is 0.791. The Morgan fingerprint density at radius 2 is 2.04 bits per heavy atom. The monoisotopic (exact) mass is 389 g/mol. The van der Waals surface area contributed by atoms with Gasteiger partial charge in [-0.25, -0.2) is 0 Å². The summed E-state index contributed by atoms with van der Waals surface area (Å²) < 4.78 is 3.07. The molecular weight excluding hydrogens is 370 g/mol. The molecule has 126 valence electrons. The molecule has 0 aromatic carbocycles. The number of aromatic nitrogens is 4. The van der Waals surface area contributed by atoms with E-state index >= 15 is 0 Å². The van der Waals surface area contributed by atoms with Crippen LogP contribution in [-0.4, -0.2) is 37.1 Å². The van der Waals surface area contributed by atoms with Crippen molar-refractivity contribution >= 4 is 21.8 Å². The number of carbonyl (C=O) groups is 1. The van der Waals surface area contributed by atoms with E-state index in [1.54, 1.807) is 12.4 Å². The van der Waals surface area contributed by atoms with Gasteiger partial charge in [0.05, 0.1) is 11.6 Å². The second-order valence-corrected chi connectivity index (χ2v) is 7.40. The highest BCUT2D eigenvalue weighted by atomic mass is 79.9. The van der Waals surface area contributed by atoms with Crippen molar-refractivity contribution in [3.63, 3.8) is 0 Å². The SMILES string of the molecule is O=C(c1cncc(Br)c1)N1CCC[C@@H]1c1nnc2n1CCCCC2. The zero-order valence-electron chi connectivity index (χ0n) is 13.5. The Labute approximate surface area is 149 Å². The van der Waals surface area contributed by atoms with Crippen molar-refractivity contribution in [1.82, 2.24) is 24.6 Å². The molecule has 1 saturated heterocycles. The molecule has 2 aromatic heterocycles. The summed E-state index contributed by atoms with van der Waals surface area (Å²) >= 11 is 3.39. The molecule has 2 aliphatic heterocycles. The summed E-state index contributed by atoms with van der Waals surface area (Å²) in [6, 6.07) is 1.85. The van der Waals surface area contributed by atoms with Gasteiger partial charge in [-0.15, -0.1) is 10.2 Å². The van der Waals surface area contributed by atoms with Crippen LogP contribution in [-0.2, 0) is 13.0 Å². The fraction of sp³-hybridized carbons (Fsp3) is 0.529. The predicted octanol–water partition coefficient (Wildman–Crippen LogP) is 3.14. The van der Waals surface area contributed by atoms with E-state index < -0.39 is 0 Å². The molecule has 0 unspecified atom stereocenters. The first-order valence-electron chi connectivity index (χ1n) is 8.57. The molecule has 7 heteroatoms. The molecule has 1 amide bonds.